The van der Waals surface area contributed by atoms with Crippen LogP contribution in [0.15, 0.2) is 53.5 Å². The summed E-state index contributed by atoms with van der Waals surface area (Å²) in [5.41, 5.74) is 26.9. The van der Waals surface area contributed by atoms with E-state index < -0.39 is 162 Å². The molecule has 0 saturated carbocycles. The third-order valence-corrected chi connectivity index (χ3v) is 14.5. The van der Waals surface area contributed by atoms with E-state index in [9.17, 15) is 81.1 Å². The van der Waals surface area contributed by atoms with E-state index in [0.29, 0.717) is 5.56 Å². The van der Waals surface area contributed by atoms with Crippen LogP contribution in [-0.4, -0.2) is 177 Å². The monoisotopic (exact) mass is 1230 g/mol. The van der Waals surface area contributed by atoms with Gasteiger partial charge >= 0.3 is 17.8 Å². The Bertz CT molecular complexity index is 2780. The summed E-state index contributed by atoms with van der Waals surface area (Å²) in [7, 11) is 2.06. The van der Waals surface area contributed by atoms with Gasteiger partial charge in [0, 0.05) is 56.3 Å². The zero-order chi connectivity index (χ0) is 62.8. The Kier molecular flexibility index (Phi) is 27.9. The highest BCUT2D eigenvalue weighted by Gasteiger charge is 2.41. The van der Waals surface area contributed by atoms with Gasteiger partial charge in [0.25, 0.3) is 0 Å². The number of carbonyl (C=O) groups is 12. The smallest absolute Gasteiger partial charge is 0.490 e. The molecule has 2 aliphatic heterocycles. The Morgan fingerprint density at radius 1 is 0.798 bits per heavy atom. The van der Waals surface area contributed by atoms with Crippen molar-refractivity contribution in [3.63, 3.8) is 0 Å². The van der Waals surface area contributed by atoms with Crippen LogP contribution in [0.2, 0.25) is 0 Å². The maximum absolute atomic E-state index is 14.6. The number of amides is 11. The Morgan fingerprint density at radius 3 is 1.99 bits per heavy atom. The molecule has 0 spiro atoms. The number of guanidine groups is 1. The normalized spacial score (nSPS) is 20.5. The van der Waals surface area contributed by atoms with E-state index in [1.54, 1.807) is 30.3 Å². The number of carbonyl (C=O) groups excluding carboxylic acids is 11. The fourth-order valence-electron chi connectivity index (χ4n) is 7.99. The highest BCUT2D eigenvalue weighted by Crippen LogP contribution is 2.28. The number of aliphatic imine (C=N–C) groups is 1. The Labute approximate surface area is 483 Å². The van der Waals surface area contributed by atoms with Crippen molar-refractivity contribution in [1.82, 2.24) is 42.1 Å². The van der Waals surface area contributed by atoms with Crippen molar-refractivity contribution in [2.75, 3.05) is 31.1 Å². The second kappa shape index (κ2) is 33.8. The third kappa shape index (κ3) is 24.2. The number of likely N-dealkylation sites (tertiary alicyclic amines) is 1. The number of aromatic hydroxyl groups is 1. The Hall–Kier alpha value is -8.96. The van der Waals surface area contributed by atoms with Crippen molar-refractivity contribution in [2.24, 2.45) is 33.7 Å². The quantitative estimate of drug-likeness (QED) is 0.0151. The number of phenols is 1. The van der Waals surface area contributed by atoms with Crippen molar-refractivity contribution in [2.45, 2.75) is 113 Å². The average molecular weight is 1230 g/mol. The van der Waals surface area contributed by atoms with Crippen LogP contribution in [0.25, 0.3) is 0 Å². The lowest BCUT2D eigenvalue weighted by Gasteiger charge is -2.31. The third-order valence-electron chi connectivity index (χ3n) is 12.0. The highest BCUT2D eigenvalue weighted by atomic mass is 33.1. The molecule has 11 amide bonds. The summed E-state index contributed by atoms with van der Waals surface area (Å²) in [6.07, 6.45) is -7.18. The lowest BCUT2D eigenvalue weighted by molar-refractivity contribution is -0.385. The van der Waals surface area contributed by atoms with Crippen molar-refractivity contribution in [3.8, 4) is 5.75 Å². The summed E-state index contributed by atoms with van der Waals surface area (Å²) >= 11 is 0. The number of primary amides is 3. The number of nitrogens with zero attached hydrogens (tertiary/aromatic N) is 3. The minimum Gasteiger partial charge on any atom is -0.502 e. The Balaban J connectivity index is 0.00000247. The Morgan fingerprint density at radius 2 is 1.39 bits per heavy atom. The molecule has 0 aromatic heterocycles. The summed E-state index contributed by atoms with van der Waals surface area (Å²) in [6.45, 7) is -0.475. The molecule has 84 heavy (non-hydrogen) atoms. The fourth-order valence-corrected chi connectivity index (χ4v) is 10.1. The second-order valence-electron chi connectivity index (χ2n) is 18.6. The number of nitrogens with one attached hydrogen (secondary N) is 7. The van der Waals surface area contributed by atoms with Crippen LogP contribution in [0.4, 0.5) is 18.9 Å². The maximum Gasteiger partial charge on any atom is 0.490 e. The molecular formula is C48H64F3N15O16S2. The minimum atomic E-state index is -5.08. The van der Waals surface area contributed by atoms with Gasteiger partial charge in [-0.2, -0.15) is 13.2 Å². The molecule has 0 bridgehead atoms. The molecule has 2 saturated heterocycles. The van der Waals surface area contributed by atoms with Crippen LogP contribution in [0, 0.1) is 10.1 Å². The number of alkyl halides is 3. The molecule has 460 valence electrons. The van der Waals surface area contributed by atoms with E-state index in [1.807, 2.05) is 0 Å². The predicted molar refractivity (Wildman–Crippen MR) is 293 cm³/mol. The first-order valence-electron chi connectivity index (χ1n) is 25.3. The molecule has 2 aliphatic rings. The largest absolute Gasteiger partial charge is 0.502 e. The van der Waals surface area contributed by atoms with E-state index in [4.69, 9.17) is 38.6 Å². The number of nitro groups is 1. The molecule has 0 radical (unpaired) electrons. The summed E-state index contributed by atoms with van der Waals surface area (Å²) in [5.74, 6) is -14.0. The van der Waals surface area contributed by atoms with Gasteiger partial charge in [-0.1, -0.05) is 58.0 Å². The first-order valence-corrected chi connectivity index (χ1v) is 27.8. The van der Waals surface area contributed by atoms with Crippen molar-refractivity contribution in [1.29, 1.82) is 0 Å². The number of rotatable bonds is 20. The SMILES string of the molecule is NC(=O)CC[C@@H]1NC(=O)[C@H](Cc2ccccc2)NC(=O)[C@H](Cc2ccc(O)c([N+](=O)[O-])c2)NC(=O)CCSSC[C@@H](C(=O)N2CCC[C@H]2C(=O)N[C@H](CCCN=C(N)N)C(=O)NCC(N)=O)NC(=O)[C@H](CC(N)=O)NC1=O.O=C(O)C(F)(F)F. The molecule has 2 aromatic rings. The molecule has 7 atom stereocenters. The molecule has 36 heteroatoms. The van der Waals surface area contributed by atoms with Gasteiger partial charge in [-0.05, 0) is 49.3 Å². The van der Waals surface area contributed by atoms with Crippen LogP contribution in [0.5, 0.6) is 5.75 Å². The average Bonchev–Trinajstić information content (AvgIpc) is 4.09. The number of hydrogen-bond acceptors (Lipinski definition) is 18. The van der Waals surface area contributed by atoms with Gasteiger partial charge in [0.1, 0.15) is 42.3 Å². The number of phenolic OH excluding ortho intramolecular Hbond substituents is 1. The van der Waals surface area contributed by atoms with Gasteiger partial charge in [0.2, 0.25) is 65.0 Å². The van der Waals surface area contributed by atoms with Gasteiger partial charge in [-0.15, -0.1) is 0 Å². The molecular weight excluding hydrogens is 1160 g/mol. The fraction of sp³-hybridized carbons (Fsp3) is 0.479. The molecule has 19 N–H and O–H groups in total. The number of carboxylic acid groups (broad SMARTS) is 1. The highest BCUT2D eigenvalue weighted by molar-refractivity contribution is 8.76. The van der Waals surface area contributed by atoms with E-state index in [1.165, 1.54) is 11.0 Å². The zero-order valence-corrected chi connectivity index (χ0v) is 46.2. The van der Waals surface area contributed by atoms with Gasteiger partial charge in [-0.25, -0.2) is 4.79 Å². The number of nitrogens with two attached hydrogens (primary N) is 5. The summed E-state index contributed by atoms with van der Waals surface area (Å²) in [5, 5.41) is 46.4. The molecule has 2 fully saturated rings. The van der Waals surface area contributed by atoms with Crippen LogP contribution < -0.4 is 65.9 Å². The van der Waals surface area contributed by atoms with Crippen molar-refractivity contribution >= 4 is 104 Å². The molecule has 31 nitrogen and oxygen atoms in total. The summed E-state index contributed by atoms with van der Waals surface area (Å²) in [6, 6.07) is 1.12. The minimum absolute atomic E-state index is 0.00943. The zero-order valence-electron chi connectivity index (χ0n) is 44.6. The van der Waals surface area contributed by atoms with Crippen molar-refractivity contribution < 1.29 is 85.8 Å². The van der Waals surface area contributed by atoms with Crippen LogP contribution in [-0.2, 0) is 70.4 Å². The maximum atomic E-state index is 14.6. The van der Waals surface area contributed by atoms with Gasteiger partial charge in [0.15, 0.2) is 11.7 Å². The number of nitro benzene ring substituents is 1. The molecule has 0 aliphatic carbocycles. The van der Waals surface area contributed by atoms with Gasteiger partial charge in [-0.3, -0.25) is 67.8 Å². The van der Waals surface area contributed by atoms with Crippen LogP contribution in [0.1, 0.15) is 62.5 Å². The van der Waals surface area contributed by atoms with E-state index in [0.717, 1.165) is 33.7 Å². The second-order valence-corrected chi connectivity index (χ2v) is 21.2. The summed E-state index contributed by atoms with van der Waals surface area (Å²) < 4.78 is 31.7. The number of aliphatic carboxylic acids is 1. The number of hydrogen-bond donors (Lipinski definition) is 14. The molecule has 0 unspecified atom stereocenters. The van der Waals surface area contributed by atoms with Crippen LogP contribution >= 0.6 is 21.6 Å². The molecule has 2 aromatic carbocycles. The molecule has 4 rings (SSSR count). The number of benzene rings is 2. The standard InChI is InChI=1S/C46H63N15O14S2.C2HF3O2/c47-35(63)13-11-27-40(68)58-30(21-36(48)64)43(71)59-31(45(73)60-16-5-9-32(60)44(72)56-26(8-4-15-52-46(50)51)39(67)53-22-37(49)65)23-77-76-17-14-38(66)54-28(19-25-10-12-34(62)33(20-25)61(74)75)41(69)57-29(42(70)55-27)18-24-6-2-1-3-7-24;3-2(4,5)1(6)7/h1-3,6-7,10,12,20,26-32,62H,4-5,8-9,11,13-19,21-23H2,(H2,47,63)(H2,48,64)(H2,49,65)(H,53,67)(H,54,66)(H,55,70)(H,56,72)(H,57,69)(H,58,68)(H,59,71)(H4,50,51,52);(H,6,7)/t26-,27+,28+,29+,30+,31+,32+;/m1./s1. The van der Waals surface area contributed by atoms with Crippen molar-refractivity contribution in [3.05, 3.63) is 69.8 Å². The predicted octanol–water partition coefficient (Wildman–Crippen LogP) is -3.80. The van der Waals surface area contributed by atoms with E-state index in [-0.39, 0.29) is 81.1 Å². The number of carboxylic acids is 1. The number of halogens is 3. The van der Waals surface area contributed by atoms with Gasteiger partial charge < -0.3 is 81.0 Å². The van der Waals surface area contributed by atoms with E-state index in [2.05, 4.69) is 42.2 Å². The topological polar surface area (TPSA) is 518 Å². The van der Waals surface area contributed by atoms with Crippen LogP contribution in [0.3, 0.4) is 0 Å². The summed E-state index contributed by atoms with van der Waals surface area (Å²) in [4.78, 5) is 173. The van der Waals surface area contributed by atoms with E-state index >= 15 is 0 Å². The van der Waals surface area contributed by atoms with Gasteiger partial charge in [0.05, 0.1) is 17.9 Å². The first kappa shape index (κ1) is 69.3. The first-order chi connectivity index (χ1) is 39.5. The lowest BCUT2D eigenvalue weighted by atomic mass is 10.0. The lowest BCUT2D eigenvalue weighted by Crippen LogP contribution is -2.61. The molecule has 2 heterocycles.